The minimum atomic E-state index is -4.32. The number of thioether (sulfide) groups is 1. The van der Waals surface area contributed by atoms with Crippen LogP contribution in [0.2, 0.25) is 0 Å². The van der Waals surface area contributed by atoms with Gasteiger partial charge in [-0.15, -0.1) is 0 Å². The van der Waals surface area contributed by atoms with Crippen LogP contribution in [0.1, 0.15) is 30.1 Å². The van der Waals surface area contributed by atoms with E-state index in [1.807, 2.05) is 6.92 Å². The second-order valence-corrected chi connectivity index (χ2v) is 6.72. The third-order valence-corrected chi connectivity index (χ3v) is 4.56. The molecule has 0 spiro atoms. The first-order valence-corrected chi connectivity index (χ1v) is 7.98. The molecule has 1 aliphatic heterocycles. The van der Waals surface area contributed by atoms with Gasteiger partial charge < -0.3 is 10.6 Å². The van der Waals surface area contributed by atoms with Crippen molar-refractivity contribution in [2.45, 2.75) is 36.2 Å². The summed E-state index contributed by atoms with van der Waals surface area (Å²) in [6.07, 6.45) is 1.91. The number of halogens is 3. The van der Waals surface area contributed by atoms with Gasteiger partial charge in [-0.05, 0) is 61.7 Å². The molecule has 2 unspecified atom stereocenters. The van der Waals surface area contributed by atoms with Crippen LogP contribution >= 0.6 is 11.8 Å². The van der Waals surface area contributed by atoms with Gasteiger partial charge in [-0.1, -0.05) is 0 Å². The number of carbonyl (C=O) groups is 1. The van der Waals surface area contributed by atoms with E-state index in [2.05, 4.69) is 0 Å². The molecule has 0 radical (unpaired) electrons. The highest BCUT2D eigenvalue weighted by atomic mass is 32.2. The Kier molecular flexibility index (Phi) is 5.39. The van der Waals surface area contributed by atoms with Crippen LogP contribution in [0, 0.1) is 5.92 Å². The van der Waals surface area contributed by atoms with Crippen LogP contribution in [0.15, 0.2) is 29.2 Å². The highest BCUT2D eigenvalue weighted by Gasteiger charge is 2.30. The molecule has 1 aromatic carbocycles. The first kappa shape index (κ1) is 17.1. The van der Waals surface area contributed by atoms with Gasteiger partial charge in [0.2, 0.25) is 0 Å². The summed E-state index contributed by atoms with van der Waals surface area (Å²) in [6.45, 7) is 3.21. The number of piperidine rings is 1. The molecular formula is C15H19F3N2OS. The smallest absolute Gasteiger partial charge is 0.338 e. The van der Waals surface area contributed by atoms with Crippen molar-refractivity contribution in [2.24, 2.45) is 11.7 Å². The lowest BCUT2D eigenvalue weighted by molar-refractivity contribution is -0.0328. The second-order valence-electron chi connectivity index (χ2n) is 5.58. The van der Waals surface area contributed by atoms with Crippen molar-refractivity contribution < 1.29 is 18.0 Å². The fourth-order valence-electron chi connectivity index (χ4n) is 2.61. The van der Waals surface area contributed by atoms with Crippen LogP contribution in [0.25, 0.3) is 0 Å². The van der Waals surface area contributed by atoms with Crippen LogP contribution in [0.4, 0.5) is 13.2 Å². The molecule has 7 heteroatoms. The number of hydrogen-bond donors (Lipinski definition) is 1. The van der Waals surface area contributed by atoms with Crippen molar-refractivity contribution >= 4 is 17.7 Å². The zero-order chi connectivity index (χ0) is 16.3. The van der Waals surface area contributed by atoms with Gasteiger partial charge in [0.05, 0.1) is 0 Å². The number of nitrogens with zero attached hydrogens (tertiary/aromatic N) is 1. The van der Waals surface area contributed by atoms with Crippen LogP contribution in [-0.2, 0) is 0 Å². The zero-order valence-electron chi connectivity index (χ0n) is 12.3. The van der Waals surface area contributed by atoms with E-state index in [-0.39, 0.29) is 34.5 Å². The third-order valence-electron chi connectivity index (χ3n) is 3.82. The van der Waals surface area contributed by atoms with Gasteiger partial charge >= 0.3 is 5.51 Å². The van der Waals surface area contributed by atoms with E-state index in [9.17, 15) is 18.0 Å². The molecular weight excluding hydrogens is 313 g/mol. The Morgan fingerprint density at radius 1 is 1.36 bits per heavy atom. The van der Waals surface area contributed by atoms with Gasteiger partial charge in [0.15, 0.2) is 0 Å². The Morgan fingerprint density at radius 2 is 2.00 bits per heavy atom. The van der Waals surface area contributed by atoms with Gasteiger partial charge in [-0.25, -0.2) is 0 Å². The molecule has 1 aromatic rings. The van der Waals surface area contributed by atoms with Gasteiger partial charge in [0.25, 0.3) is 5.91 Å². The largest absolute Gasteiger partial charge is 0.446 e. The molecule has 1 aliphatic rings. The molecule has 1 saturated heterocycles. The molecule has 2 atom stereocenters. The van der Waals surface area contributed by atoms with Crippen molar-refractivity contribution in [3.05, 3.63) is 29.8 Å². The minimum absolute atomic E-state index is 0.0289. The van der Waals surface area contributed by atoms with Crippen LogP contribution in [-0.4, -0.2) is 35.4 Å². The highest BCUT2D eigenvalue weighted by molar-refractivity contribution is 8.00. The normalized spacial score (nSPS) is 20.8. The van der Waals surface area contributed by atoms with E-state index in [0.717, 1.165) is 12.8 Å². The predicted molar refractivity (Wildman–Crippen MR) is 80.6 cm³/mol. The topological polar surface area (TPSA) is 46.3 Å². The van der Waals surface area contributed by atoms with Crippen molar-refractivity contribution in [3.63, 3.8) is 0 Å². The molecule has 0 aromatic heterocycles. The third kappa shape index (κ3) is 4.64. The first-order chi connectivity index (χ1) is 10.3. The number of carbonyl (C=O) groups excluding carboxylic acids is 1. The summed E-state index contributed by atoms with van der Waals surface area (Å²) in [4.78, 5) is 14.2. The summed E-state index contributed by atoms with van der Waals surface area (Å²) in [6, 6.07) is 5.59. The number of benzene rings is 1. The molecule has 1 amide bonds. The van der Waals surface area contributed by atoms with E-state index in [1.165, 1.54) is 24.3 Å². The quantitative estimate of drug-likeness (QED) is 0.862. The maximum absolute atomic E-state index is 12.4. The highest BCUT2D eigenvalue weighted by Crippen LogP contribution is 2.36. The van der Waals surface area contributed by atoms with Gasteiger partial charge in [0, 0.05) is 29.6 Å². The zero-order valence-corrected chi connectivity index (χ0v) is 13.1. The summed E-state index contributed by atoms with van der Waals surface area (Å²) in [5, 5.41) is 0. The summed E-state index contributed by atoms with van der Waals surface area (Å²) in [5.74, 6) is 0.131. The maximum Gasteiger partial charge on any atom is 0.446 e. The van der Waals surface area contributed by atoms with E-state index < -0.39 is 5.51 Å². The lowest BCUT2D eigenvalue weighted by Gasteiger charge is -2.34. The number of amides is 1. The summed E-state index contributed by atoms with van der Waals surface area (Å²) in [7, 11) is 0. The molecule has 2 N–H and O–H groups in total. The molecule has 0 bridgehead atoms. The molecule has 1 heterocycles. The van der Waals surface area contributed by atoms with Gasteiger partial charge in [-0.3, -0.25) is 4.79 Å². The SMILES string of the molecule is CC(N)C1CCCN(C(=O)c2ccc(SC(F)(F)F)cc2)C1. The van der Waals surface area contributed by atoms with Crippen molar-refractivity contribution in [2.75, 3.05) is 13.1 Å². The Labute approximate surface area is 132 Å². The van der Waals surface area contributed by atoms with E-state index >= 15 is 0 Å². The van der Waals surface area contributed by atoms with Crippen molar-refractivity contribution in [1.82, 2.24) is 4.90 Å². The summed E-state index contributed by atoms with van der Waals surface area (Å²) in [5.41, 5.74) is 2.00. The average molecular weight is 332 g/mol. The van der Waals surface area contributed by atoms with Gasteiger partial charge in [-0.2, -0.15) is 13.2 Å². The van der Waals surface area contributed by atoms with E-state index in [4.69, 9.17) is 5.73 Å². The number of rotatable bonds is 3. The molecule has 0 aliphatic carbocycles. The summed E-state index contributed by atoms with van der Waals surface area (Å²) >= 11 is -0.180. The van der Waals surface area contributed by atoms with Crippen molar-refractivity contribution in [1.29, 1.82) is 0 Å². The lowest BCUT2D eigenvalue weighted by Crippen LogP contribution is -2.45. The summed E-state index contributed by atoms with van der Waals surface area (Å²) < 4.78 is 36.9. The molecule has 122 valence electrons. The first-order valence-electron chi connectivity index (χ1n) is 7.17. The second kappa shape index (κ2) is 6.91. The Morgan fingerprint density at radius 3 is 2.55 bits per heavy atom. The number of likely N-dealkylation sites (tertiary alicyclic amines) is 1. The fraction of sp³-hybridized carbons (Fsp3) is 0.533. The molecule has 3 nitrogen and oxygen atoms in total. The van der Waals surface area contributed by atoms with Crippen LogP contribution in [0.3, 0.4) is 0 Å². The molecule has 0 saturated carbocycles. The predicted octanol–water partition coefficient (Wildman–Crippen LogP) is 3.50. The lowest BCUT2D eigenvalue weighted by atomic mass is 9.92. The molecule has 1 fully saturated rings. The monoisotopic (exact) mass is 332 g/mol. The number of nitrogens with two attached hydrogens (primary N) is 1. The van der Waals surface area contributed by atoms with E-state index in [1.54, 1.807) is 4.90 Å². The Bertz CT molecular complexity index is 517. The Hall–Kier alpha value is -1.21. The fourth-order valence-corrected chi connectivity index (χ4v) is 3.14. The molecule has 22 heavy (non-hydrogen) atoms. The maximum atomic E-state index is 12.4. The van der Waals surface area contributed by atoms with Crippen LogP contribution in [0.5, 0.6) is 0 Å². The number of alkyl halides is 3. The van der Waals surface area contributed by atoms with Crippen molar-refractivity contribution in [3.8, 4) is 0 Å². The van der Waals surface area contributed by atoms with Gasteiger partial charge in [0.1, 0.15) is 0 Å². The standard InChI is InChI=1S/C15H19F3N2OS/c1-10(19)12-3-2-8-20(9-12)14(21)11-4-6-13(7-5-11)22-15(16,17)18/h4-7,10,12H,2-3,8-9,19H2,1H3. The van der Waals surface area contributed by atoms with E-state index in [0.29, 0.717) is 18.7 Å². The number of hydrogen-bond acceptors (Lipinski definition) is 3. The average Bonchev–Trinajstić information content (AvgIpc) is 2.46. The van der Waals surface area contributed by atoms with Crippen LogP contribution < -0.4 is 5.73 Å². The molecule has 2 rings (SSSR count). The Balaban J connectivity index is 2.03. The minimum Gasteiger partial charge on any atom is -0.338 e.